The van der Waals surface area contributed by atoms with Crippen LogP contribution in [-0.4, -0.2) is 77.0 Å². The number of amides is 1. The molecule has 26 heavy (non-hydrogen) atoms. The van der Waals surface area contributed by atoms with E-state index in [1.807, 2.05) is 33.2 Å². The van der Waals surface area contributed by atoms with Crippen LogP contribution in [0.2, 0.25) is 0 Å². The molecule has 1 aromatic rings. The first-order valence-corrected chi connectivity index (χ1v) is 9.30. The first kappa shape index (κ1) is 18.7. The van der Waals surface area contributed by atoms with Crippen molar-refractivity contribution in [2.45, 2.75) is 45.3 Å². The van der Waals surface area contributed by atoms with Crippen molar-refractivity contribution in [3.05, 3.63) is 12.4 Å². The molecule has 8 nitrogen and oxygen atoms in total. The van der Waals surface area contributed by atoms with Crippen molar-refractivity contribution in [3.63, 3.8) is 0 Å². The van der Waals surface area contributed by atoms with Gasteiger partial charge in [-0.3, -0.25) is 0 Å². The van der Waals surface area contributed by atoms with Crippen molar-refractivity contribution in [1.29, 1.82) is 0 Å². The molecule has 8 heteroatoms. The highest BCUT2D eigenvalue weighted by atomic mass is 16.6. The maximum absolute atomic E-state index is 12.1. The van der Waals surface area contributed by atoms with E-state index < -0.39 is 5.60 Å². The summed E-state index contributed by atoms with van der Waals surface area (Å²) >= 11 is 0. The lowest BCUT2D eigenvalue weighted by molar-refractivity contribution is 0.0240. The standard InChI is InChI=1S/C18H29N5O3/c1-18(2,3)26-17(25)23-10-8-21(9-11-23)14-12-19-16(20-13-14)22-6-4-15(24)5-7-22/h12-13,15,24H,4-11H2,1-3H3. The van der Waals surface area contributed by atoms with Gasteiger partial charge in [-0.25, -0.2) is 14.8 Å². The lowest BCUT2D eigenvalue weighted by Crippen LogP contribution is -2.50. The van der Waals surface area contributed by atoms with Crippen molar-refractivity contribution in [2.24, 2.45) is 0 Å². The minimum Gasteiger partial charge on any atom is -0.444 e. The molecule has 3 heterocycles. The van der Waals surface area contributed by atoms with Crippen LogP contribution in [0.5, 0.6) is 0 Å². The van der Waals surface area contributed by atoms with Crippen LogP contribution in [0, 0.1) is 0 Å². The number of nitrogens with zero attached hydrogens (tertiary/aromatic N) is 5. The lowest BCUT2D eigenvalue weighted by Gasteiger charge is -2.36. The summed E-state index contributed by atoms with van der Waals surface area (Å²) in [6.07, 6.45) is 4.76. The number of carbonyl (C=O) groups excluding carboxylic acids is 1. The third-order valence-electron chi connectivity index (χ3n) is 4.67. The third kappa shape index (κ3) is 4.75. The molecular formula is C18H29N5O3. The Kier molecular flexibility index (Phi) is 5.50. The quantitative estimate of drug-likeness (QED) is 0.852. The van der Waals surface area contributed by atoms with Gasteiger partial charge in [0.2, 0.25) is 5.95 Å². The average molecular weight is 363 g/mol. The molecule has 0 unspecified atom stereocenters. The van der Waals surface area contributed by atoms with E-state index in [1.165, 1.54) is 0 Å². The largest absolute Gasteiger partial charge is 0.444 e. The minimum atomic E-state index is -0.470. The highest BCUT2D eigenvalue weighted by Gasteiger charge is 2.26. The van der Waals surface area contributed by atoms with Gasteiger partial charge in [-0.05, 0) is 33.6 Å². The smallest absolute Gasteiger partial charge is 0.410 e. The molecule has 0 radical (unpaired) electrons. The summed E-state index contributed by atoms with van der Waals surface area (Å²) in [5, 5.41) is 9.60. The number of ether oxygens (including phenoxy) is 1. The third-order valence-corrected chi connectivity index (χ3v) is 4.67. The van der Waals surface area contributed by atoms with E-state index in [0.29, 0.717) is 19.0 Å². The predicted molar refractivity (Wildman–Crippen MR) is 99.5 cm³/mol. The van der Waals surface area contributed by atoms with Gasteiger partial charge in [0.05, 0.1) is 24.2 Å². The zero-order valence-corrected chi connectivity index (χ0v) is 15.9. The molecule has 2 saturated heterocycles. The second kappa shape index (κ2) is 7.65. The maximum Gasteiger partial charge on any atom is 0.410 e. The van der Waals surface area contributed by atoms with Gasteiger partial charge in [0, 0.05) is 39.3 Å². The SMILES string of the molecule is CC(C)(C)OC(=O)N1CCN(c2cnc(N3CCC(O)CC3)nc2)CC1. The summed E-state index contributed by atoms with van der Waals surface area (Å²) in [6.45, 7) is 9.93. The van der Waals surface area contributed by atoms with Crippen LogP contribution in [0.3, 0.4) is 0 Å². The van der Waals surface area contributed by atoms with Crippen LogP contribution < -0.4 is 9.80 Å². The fraction of sp³-hybridized carbons (Fsp3) is 0.722. The van der Waals surface area contributed by atoms with Crippen LogP contribution in [0.1, 0.15) is 33.6 Å². The Bertz CT molecular complexity index is 600. The number of piperidine rings is 1. The Morgan fingerprint density at radius 3 is 2.15 bits per heavy atom. The van der Waals surface area contributed by atoms with Crippen molar-refractivity contribution in [2.75, 3.05) is 49.1 Å². The van der Waals surface area contributed by atoms with Gasteiger partial charge in [0.25, 0.3) is 0 Å². The molecule has 2 aliphatic heterocycles. The predicted octanol–water partition coefficient (Wildman–Crippen LogP) is 1.49. The Hall–Kier alpha value is -2.09. The fourth-order valence-electron chi connectivity index (χ4n) is 3.18. The maximum atomic E-state index is 12.1. The summed E-state index contributed by atoms with van der Waals surface area (Å²) in [5.41, 5.74) is 0.497. The summed E-state index contributed by atoms with van der Waals surface area (Å²) < 4.78 is 5.43. The summed E-state index contributed by atoms with van der Waals surface area (Å²) in [5.74, 6) is 0.716. The first-order chi connectivity index (χ1) is 12.3. The van der Waals surface area contributed by atoms with Gasteiger partial charge < -0.3 is 24.5 Å². The highest BCUT2D eigenvalue weighted by Crippen LogP contribution is 2.20. The number of anilines is 2. The topological polar surface area (TPSA) is 82.0 Å². The highest BCUT2D eigenvalue weighted by molar-refractivity contribution is 5.68. The van der Waals surface area contributed by atoms with Crippen molar-refractivity contribution in [1.82, 2.24) is 14.9 Å². The average Bonchev–Trinajstić information content (AvgIpc) is 2.61. The lowest BCUT2D eigenvalue weighted by atomic mass is 10.1. The molecule has 1 N–H and O–H groups in total. The molecule has 2 fully saturated rings. The van der Waals surface area contributed by atoms with Crippen molar-refractivity contribution in [3.8, 4) is 0 Å². The van der Waals surface area contributed by atoms with E-state index >= 15 is 0 Å². The Balaban J connectivity index is 1.52. The van der Waals surface area contributed by atoms with Gasteiger partial charge in [0.15, 0.2) is 0 Å². The monoisotopic (exact) mass is 363 g/mol. The number of rotatable bonds is 2. The van der Waals surface area contributed by atoms with Gasteiger partial charge in [-0.15, -0.1) is 0 Å². The number of aliphatic hydroxyl groups excluding tert-OH is 1. The van der Waals surface area contributed by atoms with Gasteiger partial charge in [-0.1, -0.05) is 0 Å². The van der Waals surface area contributed by atoms with E-state index in [-0.39, 0.29) is 12.2 Å². The number of aliphatic hydroxyl groups is 1. The van der Waals surface area contributed by atoms with Crippen molar-refractivity contribution < 1.29 is 14.6 Å². The Labute approximate surface area is 154 Å². The second-order valence-electron chi connectivity index (χ2n) is 7.91. The molecule has 0 spiro atoms. The summed E-state index contributed by atoms with van der Waals surface area (Å²) in [7, 11) is 0. The number of carbonyl (C=O) groups is 1. The summed E-state index contributed by atoms with van der Waals surface area (Å²) in [4.78, 5) is 27.2. The van der Waals surface area contributed by atoms with Crippen LogP contribution in [0.25, 0.3) is 0 Å². The first-order valence-electron chi connectivity index (χ1n) is 9.30. The molecule has 1 aromatic heterocycles. The van der Waals surface area contributed by atoms with Crippen LogP contribution in [-0.2, 0) is 4.74 Å². The molecular weight excluding hydrogens is 334 g/mol. The van der Waals surface area contributed by atoms with E-state index in [0.717, 1.165) is 44.7 Å². The molecule has 0 aliphatic carbocycles. The van der Waals surface area contributed by atoms with Crippen LogP contribution in [0.4, 0.5) is 16.4 Å². The van der Waals surface area contributed by atoms with Gasteiger partial charge in [0.1, 0.15) is 5.60 Å². The molecule has 2 aliphatic rings. The number of aromatic nitrogens is 2. The number of hydrogen-bond acceptors (Lipinski definition) is 7. The van der Waals surface area contributed by atoms with Crippen LogP contribution in [0.15, 0.2) is 12.4 Å². The van der Waals surface area contributed by atoms with E-state index in [9.17, 15) is 9.90 Å². The number of hydrogen-bond donors (Lipinski definition) is 1. The molecule has 144 valence electrons. The van der Waals surface area contributed by atoms with E-state index in [2.05, 4.69) is 19.8 Å². The minimum absolute atomic E-state index is 0.202. The molecule has 0 saturated carbocycles. The number of piperazine rings is 1. The Morgan fingerprint density at radius 2 is 1.62 bits per heavy atom. The summed E-state index contributed by atoms with van der Waals surface area (Å²) in [6, 6.07) is 0. The van der Waals surface area contributed by atoms with E-state index in [1.54, 1.807) is 4.90 Å². The fourth-order valence-corrected chi connectivity index (χ4v) is 3.18. The van der Waals surface area contributed by atoms with Gasteiger partial charge >= 0.3 is 6.09 Å². The molecule has 1 amide bonds. The zero-order chi connectivity index (χ0) is 18.7. The molecule has 0 aromatic carbocycles. The molecule has 0 atom stereocenters. The normalized spacial score (nSPS) is 19.6. The molecule has 3 rings (SSSR count). The van der Waals surface area contributed by atoms with Gasteiger partial charge in [-0.2, -0.15) is 0 Å². The Morgan fingerprint density at radius 1 is 1.04 bits per heavy atom. The zero-order valence-electron chi connectivity index (χ0n) is 15.9. The van der Waals surface area contributed by atoms with E-state index in [4.69, 9.17) is 4.74 Å². The van der Waals surface area contributed by atoms with Crippen molar-refractivity contribution >= 4 is 17.7 Å². The molecule has 0 bridgehead atoms. The second-order valence-corrected chi connectivity index (χ2v) is 7.91. The van der Waals surface area contributed by atoms with Crippen LogP contribution >= 0.6 is 0 Å².